The molecular weight excluding hydrogens is 332 g/mol. The summed E-state index contributed by atoms with van der Waals surface area (Å²) in [7, 11) is 1.25. The van der Waals surface area contributed by atoms with Crippen molar-refractivity contribution in [3.05, 3.63) is 35.5 Å². The van der Waals surface area contributed by atoms with Crippen LogP contribution in [-0.2, 0) is 16.1 Å². The van der Waals surface area contributed by atoms with Crippen molar-refractivity contribution in [3.63, 3.8) is 0 Å². The number of nitrogens with one attached hydrogen (secondary N) is 2. The van der Waals surface area contributed by atoms with Crippen LogP contribution in [0.4, 0.5) is 4.79 Å². The maximum absolute atomic E-state index is 11.6. The lowest BCUT2D eigenvalue weighted by Gasteiger charge is -2.06. The van der Waals surface area contributed by atoms with E-state index in [-0.39, 0.29) is 13.1 Å². The third-order valence-electron chi connectivity index (χ3n) is 3.13. The first kappa shape index (κ1) is 15.9. The van der Waals surface area contributed by atoms with Gasteiger partial charge in [0.1, 0.15) is 12.2 Å². The molecule has 0 fully saturated rings. The van der Waals surface area contributed by atoms with E-state index in [4.69, 9.17) is 0 Å². The first-order valence-corrected chi connectivity index (χ1v) is 7.89. The standard InChI is InChI=1S/C14H14N6O3S/c1-23-13(21)8-16-14(22)15-7-12-18-17-11-5-4-9(19-20(11)12)10-3-2-6-24-10/h2-6H,7-8H2,1H3,(H2,15,16,22). The third kappa shape index (κ3) is 3.49. The predicted molar refractivity (Wildman–Crippen MR) is 86.3 cm³/mol. The number of urea groups is 1. The van der Waals surface area contributed by atoms with Gasteiger partial charge >= 0.3 is 12.0 Å². The molecule has 10 heteroatoms. The van der Waals surface area contributed by atoms with Crippen LogP contribution in [0.5, 0.6) is 0 Å². The summed E-state index contributed by atoms with van der Waals surface area (Å²) >= 11 is 1.58. The van der Waals surface area contributed by atoms with Gasteiger partial charge < -0.3 is 15.4 Å². The predicted octanol–water partition coefficient (Wildman–Crippen LogP) is 0.825. The normalized spacial score (nSPS) is 10.5. The highest BCUT2D eigenvalue weighted by Gasteiger charge is 2.11. The minimum Gasteiger partial charge on any atom is -0.468 e. The number of hydrogen-bond donors (Lipinski definition) is 2. The smallest absolute Gasteiger partial charge is 0.325 e. The molecule has 0 saturated heterocycles. The summed E-state index contributed by atoms with van der Waals surface area (Å²) in [6.07, 6.45) is 0. The van der Waals surface area contributed by atoms with Crippen molar-refractivity contribution in [3.8, 4) is 10.6 Å². The molecule has 0 spiro atoms. The van der Waals surface area contributed by atoms with E-state index in [0.29, 0.717) is 11.5 Å². The van der Waals surface area contributed by atoms with Gasteiger partial charge in [-0.15, -0.1) is 21.5 Å². The number of esters is 1. The maximum Gasteiger partial charge on any atom is 0.325 e. The Morgan fingerprint density at radius 2 is 2.12 bits per heavy atom. The molecule has 3 heterocycles. The molecule has 0 aromatic carbocycles. The second kappa shape index (κ2) is 7.04. The van der Waals surface area contributed by atoms with E-state index in [1.54, 1.807) is 15.9 Å². The molecule has 24 heavy (non-hydrogen) atoms. The Bertz CT molecular complexity index is 861. The number of carbonyl (C=O) groups excluding carboxylic acids is 2. The number of fused-ring (bicyclic) bond motifs is 1. The van der Waals surface area contributed by atoms with Gasteiger partial charge in [-0.05, 0) is 23.6 Å². The zero-order valence-corrected chi connectivity index (χ0v) is 13.5. The summed E-state index contributed by atoms with van der Waals surface area (Å²) < 4.78 is 6.02. The molecule has 124 valence electrons. The zero-order chi connectivity index (χ0) is 16.9. The Kier molecular flexibility index (Phi) is 4.66. The van der Waals surface area contributed by atoms with Gasteiger partial charge in [0, 0.05) is 0 Å². The van der Waals surface area contributed by atoms with E-state index in [9.17, 15) is 9.59 Å². The van der Waals surface area contributed by atoms with Crippen molar-refractivity contribution in [2.75, 3.05) is 13.7 Å². The number of amides is 2. The molecule has 2 amide bonds. The SMILES string of the molecule is COC(=O)CNC(=O)NCc1nnc2ccc(-c3cccs3)nn12. The van der Waals surface area contributed by atoms with Gasteiger partial charge in [0.15, 0.2) is 11.5 Å². The Balaban J connectivity index is 1.69. The highest BCUT2D eigenvalue weighted by atomic mass is 32.1. The van der Waals surface area contributed by atoms with Crippen molar-refractivity contribution in [1.82, 2.24) is 30.4 Å². The second-order valence-electron chi connectivity index (χ2n) is 4.69. The van der Waals surface area contributed by atoms with E-state index in [0.717, 1.165) is 10.6 Å². The van der Waals surface area contributed by atoms with Crippen LogP contribution < -0.4 is 10.6 Å². The zero-order valence-electron chi connectivity index (χ0n) is 12.7. The van der Waals surface area contributed by atoms with Gasteiger partial charge in [-0.1, -0.05) is 6.07 Å². The van der Waals surface area contributed by atoms with Crippen LogP contribution in [-0.4, -0.2) is 45.5 Å². The fourth-order valence-electron chi connectivity index (χ4n) is 1.95. The van der Waals surface area contributed by atoms with Gasteiger partial charge in [-0.2, -0.15) is 9.61 Å². The van der Waals surface area contributed by atoms with Crippen molar-refractivity contribution >= 4 is 29.0 Å². The van der Waals surface area contributed by atoms with Gasteiger partial charge in [0.25, 0.3) is 0 Å². The molecular formula is C14H14N6O3S. The van der Waals surface area contributed by atoms with Crippen LogP contribution in [0, 0.1) is 0 Å². The summed E-state index contributed by atoms with van der Waals surface area (Å²) in [5.41, 5.74) is 1.38. The number of carbonyl (C=O) groups is 2. The van der Waals surface area contributed by atoms with E-state index in [1.165, 1.54) is 7.11 Å². The molecule has 0 aliphatic heterocycles. The summed E-state index contributed by atoms with van der Waals surface area (Å²) in [5, 5.41) is 19.5. The Hall–Kier alpha value is -3.01. The molecule has 0 unspecified atom stereocenters. The number of thiophene rings is 1. The van der Waals surface area contributed by atoms with E-state index >= 15 is 0 Å². The van der Waals surface area contributed by atoms with Crippen molar-refractivity contribution in [2.45, 2.75) is 6.54 Å². The molecule has 0 aliphatic rings. The fourth-order valence-corrected chi connectivity index (χ4v) is 2.64. The summed E-state index contributed by atoms with van der Waals surface area (Å²) in [4.78, 5) is 23.6. The monoisotopic (exact) mass is 346 g/mol. The number of nitrogens with zero attached hydrogens (tertiary/aromatic N) is 4. The summed E-state index contributed by atoms with van der Waals surface area (Å²) in [5.74, 6) is -0.0445. The molecule has 0 radical (unpaired) electrons. The first-order valence-electron chi connectivity index (χ1n) is 7.01. The Morgan fingerprint density at radius 1 is 1.25 bits per heavy atom. The lowest BCUT2D eigenvalue weighted by molar-refractivity contribution is -0.139. The lowest BCUT2D eigenvalue weighted by atomic mass is 10.3. The number of ether oxygens (including phenoxy) is 1. The first-order chi connectivity index (χ1) is 11.7. The average Bonchev–Trinajstić information content (AvgIpc) is 3.26. The van der Waals surface area contributed by atoms with E-state index < -0.39 is 12.0 Å². The highest BCUT2D eigenvalue weighted by Crippen LogP contribution is 2.22. The van der Waals surface area contributed by atoms with Crippen LogP contribution >= 0.6 is 11.3 Å². The second-order valence-corrected chi connectivity index (χ2v) is 5.64. The molecule has 0 atom stereocenters. The van der Waals surface area contributed by atoms with Crippen LogP contribution in [0.15, 0.2) is 29.6 Å². The quantitative estimate of drug-likeness (QED) is 0.662. The lowest BCUT2D eigenvalue weighted by Crippen LogP contribution is -2.38. The molecule has 3 aromatic heterocycles. The molecule has 0 aliphatic carbocycles. The Labute approximate surface area is 140 Å². The van der Waals surface area contributed by atoms with Crippen LogP contribution in [0.1, 0.15) is 5.82 Å². The molecule has 2 N–H and O–H groups in total. The third-order valence-corrected chi connectivity index (χ3v) is 4.02. The minimum atomic E-state index is -0.527. The maximum atomic E-state index is 11.6. The van der Waals surface area contributed by atoms with Gasteiger partial charge in [-0.25, -0.2) is 4.79 Å². The van der Waals surface area contributed by atoms with Crippen LogP contribution in [0.25, 0.3) is 16.2 Å². The Morgan fingerprint density at radius 3 is 2.88 bits per heavy atom. The van der Waals surface area contributed by atoms with Gasteiger partial charge in [-0.3, -0.25) is 4.79 Å². The topological polar surface area (TPSA) is 111 Å². The largest absolute Gasteiger partial charge is 0.468 e. The number of hydrogen-bond acceptors (Lipinski definition) is 7. The summed E-state index contributed by atoms with van der Waals surface area (Å²) in [6, 6.07) is 7.10. The summed E-state index contributed by atoms with van der Waals surface area (Å²) in [6.45, 7) is -0.0846. The van der Waals surface area contributed by atoms with Crippen molar-refractivity contribution in [2.24, 2.45) is 0 Å². The van der Waals surface area contributed by atoms with Crippen molar-refractivity contribution < 1.29 is 14.3 Å². The number of methoxy groups -OCH3 is 1. The average molecular weight is 346 g/mol. The van der Waals surface area contributed by atoms with E-state index in [2.05, 4.69) is 30.7 Å². The molecule has 0 bridgehead atoms. The number of rotatable bonds is 5. The van der Waals surface area contributed by atoms with Gasteiger partial charge in [0.2, 0.25) is 0 Å². The fraction of sp³-hybridized carbons (Fsp3) is 0.214. The van der Waals surface area contributed by atoms with Gasteiger partial charge in [0.05, 0.1) is 18.5 Å². The highest BCUT2D eigenvalue weighted by molar-refractivity contribution is 7.13. The van der Waals surface area contributed by atoms with Crippen molar-refractivity contribution in [1.29, 1.82) is 0 Å². The van der Waals surface area contributed by atoms with Crippen LogP contribution in [0.3, 0.4) is 0 Å². The molecule has 3 aromatic rings. The molecule has 3 rings (SSSR count). The molecule has 9 nitrogen and oxygen atoms in total. The number of aromatic nitrogens is 4. The molecule has 0 saturated carbocycles. The van der Waals surface area contributed by atoms with E-state index in [1.807, 2.05) is 29.6 Å². The van der Waals surface area contributed by atoms with Crippen LogP contribution in [0.2, 0.25) is 0 Å². The minimum absolute atomic E-state index is 0.120.